The maximum Gasteiger partial charge on any atom is 0.227 e. The minimum atomic E-state index is -0.468. The van der Waals surface area contributed by atoms with Crippen molar-refractivity contribution in [3.8, 4) is 5.75 Å². The van der Waals surface area contributed by atoms with Crippen LogP contribution in [-0.4, -0.2) is 22.8 Å². The summed E-state index contributed by atoms with van der Waals surface area (Å²) in [5, 5.41) is 1.88. The Balaban J connectivity index is 2.00. The molecule has 0 spiro atoms. The second kappa shape index (κ2) is 6.99. The van der Waals surface area contributed by atoms with E-state index in [9.17, 15) is 9.18 Å². The van der Waals surface area contributed by atoms with E-state index in [1.54, 1.807) is 24.7 Å². The van der Waals surface area contributed by atoms with E-state index in [1.807, 2.05) is 5.38 Å². The Kier molecular flexibility index (Phi) is 5.05. The molecule has 0 saturated carbocycles. The number of hydrogen-bond donors (Lipinski definition) is 0. The summed E-state index contributed by atoms with van der Waals surface area (Å²) in [5.74, 6) is -0.279. The first-order valence-electron chi connectivity index (χ1n) is 6.27. The van der Waals surface area contributed by atoms with Crippen LogP contribution in [0.1, 0.15) is 11.3 Å². The van der Waals surface area contributed by atoms with Gasteiger partial charge in [0.1, 0.15) is 11.6 Å². The lowest BCUT2D eigenvalue weighted by atomic mass is 10.1. The lowest BCUT2D eigenvalue weighted by Crippen LogP contribution is -2.28. The zero-order valence-electron chi connectivity index (χ0n) is 11.6. The highest BCUT2D eigenvalue weighted by molar-refractivity contribution is 7.07. The first-order valence-corrected chi connectivity index (χ1v) is 7.21. The Morgan fingerprint density at radius 1 is 1.57 bits per heavy atom. The summed E-state index contributed by atoms with van der Waals surface area (Å²) in [6.45, 7) is 3.82. The Bertz CT molecular complexity index is 629. The number of benzene rings is 1. The fourth-order valence-corrected chi connectivity index (χ4v) is 2.34. The molecule has 0 atom stereocenters. The summed E-state index contributed by atoms with van der Waals surface area (Å²) in [6.07, 6.45) is 1.22. The van der Waals surface area contributed by atoms with Crippen LogP contribution < -0.4 is 4.74 Å². The van der Waals surface area contributed by atoms with Crippen LogP contribution >= 0.6 is 11.3 Å². The number of hydrogen-bond acceptors (Lipinski definition) is 4. The van der Waals surface area contributed by atoms with E-state index in [0.29, 0.717) is 17.9 Å². The monoisotopic (exact) mass is 306 g/mol. The number of nitrogens with zero attached hydrogens (tertiary/aromatic N) is 2. The molecule has 110 valence electrons. The summed E-state index contributed by atoms with van der Waals surface area (Å²) >= 11 is 1.47. The third-order valence-corrected chi connectivity index (χ3v) is 3.53. The molecule has 1 amide bonds. The zero-order chi connectivity index (χ0) is 15.2. The number of amides is 1. The SMILES string of the molecule is C=COc1ccc(CC(=O)N(C)Cc2cscn2)c(F)c1. The van der Waals surface area contributed by atoms with Crippen LogP contribution in [0.15, 0.2) is 41.9 Å². The second-order valence-electron chi connectivity index (χ2n) is 4.44. The molecule has 0 aliphatic rings. The molecule has 1 aromatic carbocycles. The number of rotatable bonds is 6. The molecular weight excluding hydrogens is 291 g/mol. The molecular formula is C15H15FN2O2S. The van der Waals surface area contributed by atoms with Gasteiger partial charge in [0.15, 0.2) is 0 Å². The van der Waals surface area contributed by atoms with Gasteiger partial charge in [-0.1, -0.05) is 12.6 Å². The average molecular weight is 306 g/mol. The second-order valence-corrected chi connectivity index (χ2v) is 5.16. The maximum atomic E-state index is 13.9. The van der Waals surface area contributed by atoms with E-state index >= 15 is 0 Å². The van der Waals surface area contributed by atoms with E-state index in [1.165, 1.54) is 28.6 Å². The summed E-state index contributed by atoms with van der Waals surface area (Å²) < 4.78 is 18.9. The average Bonchev–Trinajstić information content (AvgIpc) is 2.95. The lowest BCUT2D eigenvalue weighted by molar-refractivity contribution is -0.129. The molecule has 0 unspecified atom stereocenters. The van der Waals surface area contributed by atoms with Crippen molar-refractivity contribution in [2.75, 3.05) is 7.05 Å². The quantitative estimate of drug-likeness (QED) is 0.771. The van der Waals surface area contributed by atoms with Gasteiger partial charge in [-0.15, -0.1) is 11.3 Å². The van der Waals surface area contributed by atoms with Crippen molar-refractivity contribution >= 4 is 17.2 Å². The third kappa shape index (κ3) is 4.13. The number of halogens is 1. The maximum absolute atomic E-state index is 13.9. The number of ether oxygens (including phenoxy) is 1. The molecule has 0 saturated heterocycles. The largest absolute Gasteiger partial charge is 0.466 e. The van der Waals surface area contributed by atoms with E-state index in [-0.39, 0.29) is 12.3 Å². The van der Waals surface area contributed by atoms with Crippen LogP contribution in [-0.2, 0) is 17.8 Å². The molecule has 0 aliphatic heterocycles. The van der Waals surface area contributed by atoms with Gasteiger partial charge in [0, 0.05) is 18.5 Å². The lowest BCUT2D eigenvalue weighted by Gasteiger charge is -2.16. The zero-order valence-corrected chi connectivity index (χ0v) is 12.4. The number of likely N-dealkylation sites (N-methyl/N-ethyl adjacent to an activating group) is 1. The Morgan fingerprint density at radius 3 is 3.00 bits per heavy atom. The van der Waals surface area contributed by atoms with Crippen molar-refractivity contribution in [3.63, 3.8) is 0 Å². The van der Waals surface area contributed by atoms with E-state index in [2.05, 4.69) is 11.6 Å². The molecule has 0 fully saturated rings. The van der Waals surface area contributed by atoms with Gasteiger partial charge in [0.25, 0.3) is 0 Å². The number of aromatic nitrogens is 1. The van der Waals surface area contributed by atoms with Gasteiger partial charge in [-0.05, 0) is 11.6 Å². The Labute approximate surface area is 126 Å². The fourth-order valence-electron chi connectivity index (χ4n) is 1.79. The van der Waals surface area contributed by atoms with Crippen molar-refractivity contribution in [1.29, 1.82) is 0 Å². The molecule has 0 N–H and O–H groups in total. The smallest absolute Gasteiger partial charge is 0.227 e. The summed E-state index contributed by atoms with van der Waals surface area (Å²) in [7, 11) is 1.68. The van der Waals surface area contributed by atoms with Crippen LogP contribution in [0.4, 0.5) is 4.39 Å². The third-order valence-electron chi connectivity index (χ3n) is 2.89. The van der Waals surface area contributed by atoms with E-state index < -0.39 is 5.82 Å². The highest BCUT2D eigenvalue weighted by Gasteiger charge is 2.14. The molecule has 0 aliphatic carbocycles. The number of carbonyl (C=O) groups is 1. The molecule has 6 heteroatoms. The first kappa shape index (κ1) is 15.2. The Morgan fingerprint density at radius 2 is 2.38 bits per heavy atom. The number of carbonyl (C=O) groups excluding carboxylic acids is 1. The normalized spacial score (nSPS) is 10.2. The highest BCUT2D eigenvalue weighted by Crippen LogP contribution is 2.18. The van der Waals surface area contributed by atoms with Gasteiger partial charge in [0.2, 0.25) is 5.91 Å². The van der Waals surface area contributed by atoms with Crippen LogP contribution in [0.25, 0.3) is 0 Å². The summed E-state index contributed by atoms with van der Waals surface area (Å²) in [6, 6.07) is 4.39. The van der Waals surface area contributed by atoms with E-state index in [0.717, 1.165) is 5.69 Å². The highest BCUT2D eigenvalue weighted by atomic mass is 32.1. The standard InChI is InChI=1S/C15H15FN2O2S/c1-3-20-13-5-4-11(14(16)7-13)6-15(19)18(2)8-12-9-21-10-17-12/h3-5,7,9-10H,1,6,8H2,2H3. The van der Waals surface area contributed by atoms with E-state index in [4.69, 9.17) is 4.74 Å². The van der Waals surface area contributed by atoms with Gasteiger partial charge in [-0.25, -0.2) is 9.37 Å². The van der Waals surface area contributed by atoms with Crippen molar-refractivity contribution in [2.45, 2.75) is 13.0 Å². The van der Waals surface area contributed by atoms with Crippen molar-refractivity contribution in [1.82, 2.24) is 9.88 Å². The van der Waals surface area contributed by atoms with Crippen LogP contribution in [0.3, 0.4) is 0 Å². The van der Waals surface area contributed by atoms with Crippen molar-refractivity contribution in [2.24, 2.45) is 0 Å². The molecule has 4 nitrogen and oxygen atoms in total. The minimum absolute atomic E-state index is 0.000833. The predicted octanol–water partition coefficient (Wildman–Crippen LogP) is 3.01. The van der Waals surface area contributed by atoms with Crippen LogP contribution in [0.2, 0.25) is 0 Å². The van der Waals surface area contributed by atoms with Gasteiger partial charge in [-0.2, -0.15) is 0 Å². The summed E-state index contributed by atoms with van der Waals surface area (Å²) in [5.41, 5.74) is 2.87. The number of thiazole rings is 1. The van der Waals surface area contributed by atoms with Crippen LogP contribution in [0.5, 0.6) is 5.75 Å². The van der Waals surface area contributed by atoms with Gasteiger partial charge < -0.3 is 9.64 Å². The summed E-state index contributed by atoms with van der Waals surface area (Å²) in [4.78, 5) is 17.7. The van der Waals surface area contributed by atoms with Crippen molar-refractivity contribution in [3.05, 3.63) is 59.0 Å². The molecule has 1 heterocycles. The topological polar surface area (TPSA) is 42.4 Å². The fraction of sp³-hybridized carbons (Fsp3) is 0.200. The van der Waals surface area contributed by atoms with Crippen molar-refractivity contribution < 1.29 is 13.9 Å². The van der Waals surface area contributed by atoms with Gasteiger partial charge >= 0.3 is 0 Å². The van der Waals surface area contributed by atoms with Gasteiger partial charge in [-0.3, -0.25) is 4.79 Å². The minimum Gasteiger partial charge on any atom is -0.466 e. The molecule has 0 radical (unpaired) electrons. The first-order chi connectivity index (χ1) is 10.1. The molecule has 2 rings (SSSR count). The molecule has 21 heavy (non-hydrogen) atoms. The molecule has 2 aromatic rings. The molecule has 1 aromatic heterocycles. The molecule has 0 bridgehead atoms. The Hall–Kier alpha value is -2.21. The van der Waals surface area contributed by atoms with Gasteiger partial charge in [0.05, 0.1) is 30.4 Å². The van der Waals surface area contributed by atoms with Crippen LogP contribution in [0, 0.1) is 5.82 Å². The predicted molar refractivity (Wildman–Crippen MR) is 79.5 cm³/mol.